The molecule has 2 amide bonds. The van der Waals surface area contributed by atoms with Gasteiger partial charge in [-0.1, -0.05) is 6.92 Å². The SMILES string of the molecule is CCC1(C)NC(=O)CN(c2ccc(I)cc2)C1=O. The van der Waals surface area contributed by atoms with Gasteiger partial charge in [-0.15, -0.1) is 0 Å². The summed E-state index contributed by atoms with van der Waals surface area (Å²) in [7, 11) is 0. The molecule has 1 aliphatic heterocycles. The predicted octanol–water partition coefficient (Wildman–Crippen LogP) is 1.92. The molecule has 18 heavy (non-hydrogen) atoms. The van der Waals surface area contributed by atoms with Gasteiger partial charge in [0, 0.05) is 9.26 Å². The van der Waals surface area contributed by atoms with Crippen LogP contribution in [0.25, 0.3) is 0 Å². The van der Waals surface area contributed by atoms with E-state index in [1.807, 2.05) is 31.2 Å². The number of amides is 2. The molecule has 96 valence electrons. The first-order valence-electron chi connectivity index (χ1n) is 5.85. The van der Waals surface area contributed by atoms with E-state index in [1.54, 1.807) is 11.8 Å². The fourth-order valence-electron chi connectivity index (χ4n) is 1.98. The van der Waals surface area contributed by atoms with Crippen LogP contribution in [0.15, 0.2) is 24.3 Å². The van der Waals surface area contributed by atoms with Crippen molar-refractivity contribution in [2.75, 3.05) is 11.4 Å². The van der Waals surface area contributed by atoms with Crippen LogP contribution in [0.3, 0.4) is 0 Å². The van der Waals surface area contributed by atoms with Crippen LogP contribution in [-0.4, -0.2) is 23.9 Å². The summed E-state index contributed by atoms with van der Waals surface area (Å²) in [5, 5.41) is 2.77. The second-order valence-corrected chi connectivity index (χ2v) is 5.85. The molecule has 2 rings (SSSR count). The minimum Gasteiger partial charge on any atom is -0.340 e. The number of hydrogen-bond donors (Lipinski definition) is 1. The van der Waals surface area contributed by atoms with Gasteiger partial charge in [-0.2, -0.15) is 0 Å². The summed E-state index contributed by atoms with van der Waals surface area (Å²) in [6.45, 7) is 3.76. The normalized spacial score (nSPS) is 24.1. The van der Waals surface area contributed by atoms with Crippen molar-refractivity contribution in [3.8, 4) is 0 Å². The van der Waals surface area contributed by atoms with Crippen molar-refractivity contribution < 1.29 is 9.59 Å². The Morgan fingerprint density at radius 1 is 1.33 bits per heavy atom. The second-order valence-electron chi connectivity index (χ2n) is 4.60. The van der Waals surface area contributed by atoms with E-state index in [9.17, 15) is 9.59 Å². The van der Waals surface area contributed by atoms with Gasteiger partial charge >= 0.3 is 0 Å². The van der Waals surface area contributed by atoms with Crippen molar-refractivity contribution in [2.24, 2.45) is 0 Å². The summed E-state index contributed by atoms with van der Waals surface area (Å²) in [6, 6.07) is 7.60. The van der Waals surface area contributed by atoms with Gasteiger partial charge in [0.05, 0.1) is 0 Å². The number of nitrogens with zero attached hydrogens (tertiary/aromatic N) is 1. The third-order valence-corrected chi connectivity index (χ3v) is 4.00. The number of hydrogen-bond acceptors (Lipinski definition) is 2. The zero-order chi connectivity index (χ0) is 13.3. The summed E-state index contributed by atoms with van der Waals surface area (Å²) >= 11 is 2.21. The van der Waals surface area contributed by atoms with Crippen LogP contribution in [0.4, 0.5) is 5.69 Å². The van der Waals surface area contributed by atoms with Crippen molar-refractivity contribution in [1.82, 2.24) is 5.32 Å². The topological polar surface area (TPSA) is 49.4 Å². The highest BCUT2D eigenvalue weighted by atomic mass is 127. The number of halogens is 1. The minimum absolute atomic E-state index is 0.0502. The number of carbonyl (C=O) groups is 2. The van der Waals surface area contributed by atoms with E-state index < -0.39 is 5.54 Å². The number of anilines is 1. The molecule has 1 N–H and O–H groups in total. The van der Waals surface area contributed by atoms with Crippen LogP contribution in [0, 0.1) is 3.57 Å². The van der Waals surface area contributed by atoms with Crippen molar-refractivity contribution in [1.29, 1.82) is 0 Å². The molecule has 1 atom stereocenters. The highest BCUT2D eigenvalue weighted by Gasteiger charge is 2.41. The van der Waals surface area contributed by atoms with Gasteiger partial charge in [0.25, 0.3) is 5.91 Å². The highest BCUT2D eigenvalue weighted by Crippen LogP contribution is 2.24. The fourth-order valence-corrected chi connectivity index (χ4v) is 2.34. The van der Waals surface area contributed by atoms with Crippen LogP contribution in [0.2, 0.25) is 0 Å². The molecule has 0 bridgehead atoms. The third kappa shape index (κ3) is 2.36. The van der Waals surface area contributed by atoms with Crippen molar-refractivity contribution in [3.63, 3.8) is 0 Å². The van der Waals surface area contributed by atoms with E-state index in [4.69, 9.17) is 0 Å². The molecule has 0 saturated carbocycles. The summed E-state index contributed by atoms with van der Waals surface area (Å²) in [4.78, 5) is 25.7. The molecule has 0 aromatic heterocycles. The van der Waals surface area contributed by atoms with Gasteiger partial charge < -0.3 is 10.2 Å². The minimum atomic E-state index is -0.793. The highest BCUT2D eigenvalue weighted by molar-refractivity contribution is 14.1. The zero-order valence-corrected chi connectivity index (χ0v) is 12.5. The maximum Gasteiger partial charge on any atom is 0.252 e. The zero-order valence-electron chi connectivity index (χ0n) is 10.4. The Balaban J connectivity index is 2.35. The average molecular weight is 358 g/mol. The Kier molecular flexibility index (Phi) is 3.61. The van der Waals surface area contributed by atoms with Crippen LogP contribution in [0.1, 0.15) is 20.3 Å². The number of rotatable bonds is 2. The molecule has 0 spiro atoms. The average Bonchev–Trinajstić information content (AvgIpc) is 2.35. The predicted molar refractivity (Wildman–Crippen MR) is 78.4 cm³/mol. The van der Waals surface area contributed by atoms with Gasteiger partial charge in [0.15, 0.2) is 0 Å². The van der Waals surface area contributed by atoms with Crippen LogP contribution < -0.4 is 10.2 Å². The Morgan fingerprint density at radius 2 is 1.94 bits per heavy atom. The quantitative estimate of drug-likeness (QED) is 0.822. The van der Waals surface area contributed by atoms with Crippen LogP contribution in [0.5, 0.6) is 0 Å². The van der Waals surface area contributed by atoms with Crippen LogP contribution in [-0.2, 0) is 9.59 Å². The lowest BCUT2D eigenvalue weighted by Crippen LogP contribution is -2.65. The fraction of sp³-hybridized carbons (Fsp3) is 0.385. The Bertz CT molecular complexity index is 486. The molecule has 5 heteroatoms. The molecule has 4 nitrogen and oxygen atoms in total. The van der Waals surface area contributed by atoms with Crippen molar-refractivity contribution in [3.05, 3.63) is 27.8 Å². The van der Waals surface area contributed by atoms with Gasteiger partial charge in [-0.05, 0) is 60.2 Å². The largest absolute Gasteiger partial charge is 0.340 e. The van der Waals surface area contributed by atoms with Crippen LogP contribution >= 0.6 is 22.6 Å². The lowest BCUT2D eigenvalue weighted by Gasteiger charge is -2.39. The molecule has 1 unspecified atom stereocenters. The first-order valence-corrected chi connectivity index (χ1v) is 6.93. The molecule has 1 heterocycles. The van der Waals surface area contributed by atoms with E-state index in [0.717, 1.165) is 9.26 Å². The summed E-state index contributed by atoms with van der Waals surface area (Å²) in [6.07, 6.45) is 0.582. The maximum atomic E-state index is 12.4. The van der Waals surface area contributed by atoms with Crippen molar-refractivity contribution >= 4 is 40.1 Å². The lowest BCUT2D eigenvalue weighted by molar-refractivity contribution is -0.135. The van der Waals surface area contributed by atoms with E-state index in [1.165, 1.54) is 0 Å². The van der Waals surface area contributed by atoms with Gasteiger partial charge in [-0.25, -0.2) is 0 Å². The van der Waals surface area contributed by atoms with E-state index in [0.29, 0.717) is 6.42 Å². The van der Waals surface area contributed by atoms with E-state index in [-0.39, 0.29) is 18.4 Å². The number of carbonyl (C=O) groups excluding carboxylic acids is 2. The van der Waals surface area contributed by atoms with Gasteiger partial charge in [0.2, 0.25) is 5.91 Å². The number of piperazine rings is 1. The summed E-state index contributed by atoms with van der Waals surface area (Å²) in [5.41, 5.74) is -0.0202. The molecule has 1 fully saturated rings. The molecule has 1 saturated heterocycles. The van der Waals surface area contributed by atoms with Gasteiger partial charge in [-0.3, -0.25) is 9.59 Å². The van der Waals surface area contributed by atoms with E-state index in [2.05, 4.69) is 27.9 Å². The molecule has 0 radical (unpaired) electrons. The van der Waals surface area contributed by atoms with E-state index >= 15 is 0 Å². The van der Waals surface area contributed by atoms with Gasteiger partial charge in [0.1, 0.15) is 12.1 Å². The Labute approximate surface area is 120 Å². The maximum absolute atomic E-state index is 12.4. The van der Waals surface area contributed by atoms with Crippen molar-refractivity contribution in [2.45, 2.75) is 25.8 Å². The standard InChI is InChI=1S/C13H15IN2O2/c1-3-13(2)12(18)16(8-11(17)15-13)10-6-4-9(14)5-7-10/h4-7H,3,8H2,1-2H3,(H,15,17). The Morgan fingerprint density at radius 3 is 2.50 bits per heavy atom. The monoisotopic (exact) mass is 358 g/mol. The first kappa shape index (κ1) is 13.3. The third-order valence-electron chi connectivity index (χ3n) is 3.28. The molecule has 0 aliphatic carbocycles. The summed E-state index contributed by atoms with van der Waals surface area (Å²) < 4.78 is 1.10. The molecule has 1 aliphatic rings. The summed E-state index contributed by atoms with van der Waals surface area (Å²) in [5.74, 6) is -0.164. The number of nitrogens with one attached hydrogen (secondary N) is 1. The molecular formula is C13H15IN2O2. The molecular weight excluding hydrogens is 343 g/mol. The number of benzene rings is 1. The smallest absolute Gasteiger partial charge is 0.252 e. The first-order chi connectivity index (χ1) is 8.46. The second kappa shape index (κ2) is 4.87. The lowest BCUT2D eigenvalue weighted by atomic mass is 9.94. The molecule has 1 aromatic rings. The molecule has 1 aromatic carbocycles. The Hall–Kier alpha value is -1.11.